The van der Waals surface area contributed by atoms with Crippen molar-refractivity contribution >= 4 is 22.6 Å². The van der Waals surface area contributed by atoms with E-state index in [1.807, 2.05) is 30.3 Å². The molecule has 0 radical (unpaired) electrons. The number of halogens is 2. The number of fused-ring (bicyclic) bond motifs is 1. The van der Waals surface area contributed by atoms with Crippen molar-refractivity contribution in [3.63, 3.8) is 0 Å². The van der Waals surface area contributed by atoms with Gasteiger partial charge in [0.1, 0.15) is 29.2 Å². The number of hydrogen-bond donors (Lipinski definition) is 1. The van der Waals surface area contributed by atoms with Crippen LogP contribution in [0.4, 0.5) is 14.5 Å². The minimum atomic E-state index is -0.867. The zero-order valence-corrected chi connectivity index (χ0v) is 16.4. The van der Waals surface area contributed by atoms with Gasteiger partial charge < -0.3 is 9.88 Å². The highest BCUT2D eigenvalue weighted by atomic mass is 19.1. The number of carbonyl (C=O) groups excluding carboxylic acids is 1. The van der Waals surface area contributed by atoms with Gasteiger partial charge in [-0.15, -0.1) is 0 Å². The number of amides is 1. The maximum Gasteiger partial charge on any atom is 0.278 e. The summed E-state index contributed by atoms with van der Waals surface area (Å²) >= 11 is 0. The molecule has 0 unspecified atom stereocenters. The summed E-state index contributed by atoms with van der Waals surface area (Å²) in [4.78, 5) is 30.3. The molecule has 4 aromatic rings. The van der Waals surface area contributed by atoms with E-state index in [4.69, 9.17) is 0 Å². The number of hydrogen-bond acceptors (Lipinski definition) is 3. The number of nitrogens with one attached hydrogen (secondary N) is 1. The Labute approximate surface area is 175 Å². The van der Waals surface area contributed by atoms with E-state index >= 15 is 0 Å². The van der Waals surface area contributed by atoms with Crippen LogP contribution in [0, 0.1) is 11.6 Å². The highest BCUT2D eigenvalue weighted by Crippen LogP contribution is 2.34. The van der Waals surface area contributed by atoms with Gasteiger partial charge in [0.05, 0.1) is 12.0 Å². The molecular weight excluding hydrogens is 402 g/mol. The molecule has 31 heavy (non-hydrogen) atoms. The topological polar surface area (TPSA) is 68.9 Å². The third kappa shape index (κ3) is 3.61. The van der Waals surface area contributed by atoms with Crippen molar-refractivity contribution in [3.8, 4) is 11.1 Å². The molecule has 0 aliphatic heterocycles. The fourth-order valence-electron chi connectivity index (χ4n) is 3.70. The second kappa shape index (κ2) is 7.46. The van der Waals surface area contributed by atoms with Crippen molar-refractivity contribution in [2.24, 2.45) is 0 Å². The first kappa shape index (κ1) is 19.2. The Balaban J connectivity index is 1.56. The molecular formula is C23H18F2N4O2. The van der Waals surface area contributed by atoms with Crippen LogP contribution < -0.4 is 10.9 Å². The predicted molar refractivity (Wildman–Crippen MR) is 113 cm³/mol. The number of rotatable bonds is 5. The highest BCUT2D eigenvalue weighted by molar-refractivity contribution is 5.95. The molecule has 0 saturated heterocycles. The second-order valence-corrected chi connectivity index (χ2v) is 7.59. The van der Waals surface area contributed by atoms with Gasteiger partial charge in [-0.05, 0) is 30.5 Å². The minimum Gasteiger partial charge on any atom is -0.332 e. The molecule has 8 heteroatoms. The highest BCUT2D eigenvalue weighted by Gasteiger charge is 2.27. The molecule has 2 heterocycles. The van der Waals surface area contributed by atoms with Crippen LogP contribution in [0.1, 0.15) is 18.9 Å². The predicted octanol–water partition coefficient (Wildman–Crippen LogP) is 4.12. The summed E-state index contributed by atoms with van der Waals surface area (Å²) in [5.41, 5.74) is 2.09. The monoisotopic (exact) mass is 420 g/mol. The molecule has 1 aliphatic rings. The first-order valence-electron chi connectivity index (χ1n) is 9.91. The van der Waals surface area contributed by atoms with Crippen molar-refractivity contribution in [2.75, 3.05) is 5.32 Å². The first-order valence-corrected chi connectivity index (χ1v) is 9.91. The van der Waals surface area contributed by atoms with Gasteiger partial charge in [0.25, 0.3) is 5.56 Å². The van der Waals surface area contributed by atoms with E-state index in [0.29, 0.717) is 17.1 Å². The molecule has 0 spiro atoms. The Bertz CT molecular complexity index is 1360. The first-order chi connectivity index (χ1) is 15.0. The average molecular weight is 420 g/mol. The molecule has 1 saturated carbocycles. The molecule has 1 fully saturated rings. The van der Waals surface area contributed by atoms with E-state index < -0.39 is 17.5 Å². The lowest BCUT2D eigenvalue weighted by molar-refractivity contribution is -0.116. The van der Waals surface area contributed by atoms with E-state index in [-0.39, 0.29) is 23.8 Å². The fourth-order valence-corrected chi connectivity index (χ4v) is 3.70. The molecule has 2 aromatic heterocycles. The third-order valence-corrected chi connectivity index (χ3v) is 5.34. The summed E-state index contributed by atoms with van der Waals surface area (Å²) in [5.74, 6) is -2.14. The maximum absolute atomic E-state index is 13.9. The van der Waals surface area contributed by atoms with Crippen LogP contribution >= 0.6 is 0 Å². The maximum atomic E-state index is 13.9. The van der Waals surface area contributed by atoms with Crippen molar-refractivity contribution in [1.82, 2.24) is 14.1 Å². The normalized spacial score (nSPS) is 13.5. The smallest absolute Gasteiger partial charge is 0.278 e. The van der Waals surface area contributed by atoms with Crippen LogP contribution in [0.3, 0.4) is 0 Å². The summed E-state index contributed by atoms with van der Waals surface area (Å²) in [7, 11) is 0. The molecule has 5 rings (SSSR count). The van der Waals surface area contributed by atoms with Crippen LogP contribution in [-0.2, 0) is 11.3 Å². The van der Waals surface area contributed by atoms with Gasteiger partial charge in [-0.25, -0.2) is 13.8 Å². The lowest BCUT2D eigenvalue weighted by atomic mass is 10.1. The molecule has 6 nitrogen and oxygen atoms in total. The molecule has 1 amide bonds. The van der Waals surface area contributed by atoms with Gasteiger partial charge in [0, 0.05) is 23.9 Å². The van der Waals surface area contributed by atoms with Gasteiger partial charge in [-0.1, -0.05) is 30.3 Å². The second-order valence-electron chi connectivity index (χ2n) is 7.59. The fraction of sp³-hybridized carbons (Fsp3) is 0.174. The lowest BCUT2D eigenvalue weighted by Gasteiger charge is -2.09. The SMILES string of the molecule is O=C(Cn1cc(-c2ccccc2)c2ncn(C3CC3)c(=O)c21)Nc1ccc(F)cc1F. The summed E-state index contributed by atoms with van der Waals surface area (Å²) in [6.07, 6.45) is 5.12. The van der Waals surface area contributed by atoms with Crippen molar-refractivity contribution in [3.05, 3.63) is 83.0 Å². The van der Waals surface area contributed by atoms with Crippen LogP contribution in [0.15, 0.2) is 65.8 Å². The zero-order valence-electron chi connectivity index (χ0n) is 16.4. The Morgan fingerprint density at radius 2 is 1.90 bits per heavy atom. The number of aromatic nitrogens is 3. The van der Waals surface area contributed by atoms with Crippen LogP contribution in [0.25, 0.3) is 22.2 Å². The van der Waals surface area contributed by atoms with Crippen LogP contribution in [0.5, 0.6) is 0 Å². The van der Waals surface area contributed by atoms with E-state index in [1.165, 1.54) is 0 Å². The van der Waals surface area contributed by atoms with Crippen LogP contribution in [-0.4, -0.2) is 20.0 Å². The van der Waals surface area contributed by atoms with Crippen molar-refractivity contribution in [1.29, 1.82) is 0 Å². The zero-order chi connectivity index (χ0) is 21.5. The Morgan fingerprint density at radius 3 is 2.61 bits per heavy atom. The summed E-state index contributed by atoms with van der Waals surface area (Å²) < 4.78 is 30.2. The van der Waals surface area contributed by atoms with Gasteiger partial charge in [-0.3, -0.25) is 14.2 Å². The van der Waals surface area contributed by atoms with Gasteiger partial charge in [0.2, 0.25) is 5.91 Å². The Hall–Kier alpha value is -3.81. The minimum absolute atomic E-state index is 0.125. The summed E-state index contributed by atoms with van der Waals surface area (Å²) in [6.45, 7) is -0.217. The molecule has 0 bridgehead atoms. The van der Waals surface area contributed by atoms with Crippen molar-refractivity contribution < 1.29 is 13.6 Å². The van der Waals surface area contributed by atoms with E-state index in [9.17, 15) is 18.4 Å². The number of carbonyl (C=O) groups is 1. The lowest BCUT2D eigenvalue weighted by Crippen LogP contribution is -2.24. The van der Waals surface area contributed by atoms with Gasteiger partial charge in [0.15, 0.2) is 0 Å². The molecule has 156 valence electrons. The summed E-state index contributed by atoms with van der Waals surface area (Å²) in [5, 5.41) is 2.44. The average Bonchev–Trinajstić information content (AvgIpc) is 3.53. The summed E-state index contributed by atoms with van der Waals surface area (Å²) in [6, 6.07) is 12.5. The van der Waals surface area contributed by atoms with E-state index in [1.54, 1.807) is 21.7 Å². The van der Waals surface area contributed by atoms with Crippen LogP contribution in [0.2, 0.25) is 0 Å². The molecule has 0 atom stereocenters. The van der Waals surface area contributed by atoms with Crippen molar-refractivity contribution in [2.45, 2.75) is 25.4 Å². The van der Waals surface area contributed by atoms with Gasteiger partial charge >= 0.3 is 0 Å². The van der Waals surface area contributed by atoms with E-state index in [0.717, 1.165) is 36.1 Å². The number of anilines is 1. The molecule has 1 N–H and O–H groups in total. The largest absolute Gasteiger partial charge is 0.332 e. The quantitative estimate of drug-likeness (QED) is 0.528. The van der Waals surface area contributed by atoms with Gasteiger partial charge in [-0.2, -0.15) is 0 Å². The third-order valence-electron chi connectivity index (χ3n) is 5.34. The number of benzene rings is 2. The Kier molecular flexibility index (Phi) is 4.62. The van der Waals surface area contributed by atoms with E-state index in [2.05, 4.69) is 10.3 Å². The number of nitrogens with zero attached hydrogens (tertiary/aromatic N) is 3. The molecule has 2 aromatic carbocycles. The Morgan fingerprint density at radius 1 is 1.13 bits per heavy atom. The standard InChI is InChI=1S/C23H18F2N4O2/c24-15-6-9-19(18(25)10-15)27-20(30)12-28-11-17(14-4-2-1-3-5-14)21-22(28)23(31)29(13-26-21)16-7-8-16/h1-6,9-11,13,16H,7-8,12H2,(H,27,30). The molecule has 1 aliphatic carbocycles.